The summed E-state index contributed by atoms with van der Waals surface area (Å²) >= 11 is 5.90. The van der Waals surface area contributed by atoms with Crippen molar-refractivity contribution in [2.75, 3.05) is 23.7 Å². The molecule has 0 bridgehead atoms. The number of nitrogens with one attached hydrogen (secondary N) is 2. The van der Waals surface area contributed by atoms with Crippen LogP contribution in [0.25, 0.3) is 0 Å². The molecule has 0 spiro atoms. The van der Waals surface area contributed by atoms with E-state index in [-0.39, 0.29) is 23.9 Å². The van der Waals surface area contributed by atoms with Gasteiger partial charge >= 0.3 is 0 Å². The number of likely N-dealkylation sites (N-methyl/N-ethyl adjacent to an activating group) is 1. The molecule has 0 saturated heterocycles. The molecule has 2 aromatic rings. The zero-order valence-corrected chi connectivity index (χ0v) is 17.4. The maximum Gasteiger partial charge on any atom is 0.243 e. The molecule has 7 nitrogen and oxygen atoms in total. The van der Waals surface area contributed by atoms with Crippen LogP contribution in [0.5, 0.6) is 0 Å². The Morgan fingerprint density at radius 1 is 1.04 bits per heavy atom. The number of carbonyl (C=O) groups is 2. The fourth-order valence-corrected chi connectivity index (χ4v) is 4.45. The second kappa shape index (κ2) is 9.18. The summed E-state index contributed by atoms with van der Waals surface area (Å²) in [6, 6.07) is 11.0. The van der Waals surface area contributed by atoms with Crippen LogP contribution in [-0.4, -0.2) is 37.6 Å². The van der Waals surface area contributed by atoms with E-state index in [4.69, 9.17) is 11.6 Å². The van der Waals surface area contributed by atoms with E-state index in [1.165, 1.54) is 19.1 Å². The third kappa shape index (κ3) is 5.54. The lowest BCUT2D eigenvalue weighted by Gasteiger charge is -2.21. The van der Waals surface area contributed by atoms with Crippen LogP contribution in [0.4, 0.5) is 11.4 Å². The van der Waals surface area contributed by atoms with Crippen molar-refractivity contribution >= 4 is 44.8 Å². The molecule has 0 heterocycles. The van der Waals surface area contributed by atoms with Gasteiger partial charge in [-0.25, -0.2) is 8.42 Å². The molecule has 0 aliphatic heterocycles. The van der Waals surface area contributed by atoms with Crippen molar-refractivity contribution in [3.63, 3.8) is 0 Å². The molecule has 0 unspecified atom stereocenters. The van der Waals surface area contributed by atoms with Gasteiger partial charge in [-0.15, -0.1) is 0 Å². The van der Waals surface area contributed by atoms with E-state index in [9.17, 15) is 18.0 Å². The maximum absolute atomic E-state index is 12.9. The molecule has 0 atom stereocenters. The Balaban J connectivity index is 2.11. The van der Waals surface area contributed by atoms with Crippen LogP contribution in [0.2, 0.25) is 5.02 Å². The van der Waals surface area contributed by atoms with Crippen molar-refractivity contribution in [3.05, 3.63) is 53.1 Å². The monoisotopic (exact) mass is 423 g/mol. The SMILES string of the molecule is CCN(CC(=O)Nc1ccc(NC(C)=O)cc1)S(=O)(=O)c1ccc(Cl)cc1C. The fourth-order valence-electron chi connectivity index (χ4n) is 2.61. The molecule has 0 aromatic heterocycles. The van der Waals surface area contributed by atoms with Crippen LogP contribution in [0.3, 0.4) is 0 Å². The minimum atomic E-state index is -3.84. The smallest absolute Gasteiger partial charge is 0.243 e. The first-order valence-corrected chi connectivity index (χ1v) is 10.4. The van der Waals surface area contributed by atoms with Crippen LogP contribution >= 0.6 is 11.6 Å². The molecule has 2 N–H and O–H groups in total. The van der Waals surface area contributed by atoms with Crippen molar-refractivity contribution in [3.8, 4) is 0 Å². The van der Waals surface area contributed by atoms with Gasteiger partial charge in [0.05, 0.1) is 11.4 Å². The topological polar surface area (TPSA) is 95.6 Å². The summed E-state index contributed by atoms with van der Waals surface area (Å²) in [6.45, 7) is 4.53. The Morgan fingerprint density at radius 2 is 1.61 bits per heavy atom. The summed E-state index contributed by atoms with van der Waals surface area (Å²) < 4.78 is 26.9. The number of hydrogen-bond acceptors (Lipinski definition) is 4. The summed E-state index contributed by atoms with van der Waals surface area (Å²) in [5, 5.41) is 5.73. The number of nitrogens with zero attached hydrogens (tertiary/aromatic N) is 1. The minimum absolute atomic E-state index is 0.117. The molecule has 150 valence electrons. The minimum Gasteiger partial charge on any atom is -0.326 e. The number of rotatable bonds is 7. The molecule has 2 aromatic carbocycles. The molecular formula is C19H22ClN3O4S. The highest BCUT2D eigenvalue weighted by Gasteiger charge is 2.26. The zero-order valence-electron chi connectivity index (χ0n) is 15.8. The Labute approximate surface area is 169 Å². The van der Waals surface area contributed by atoms with Crippen molar-refractivity contribution in [2.45, 2.75) is 25.7 Å². The average molecular weight is 424 g/mol. The van der Waals surface area contributed by atoms with Gasteiger partial charge in [0.1, 0.15) is 0 Å². The molecule has 9 heteroatoms. The van der Waals surface area contributed by atoms with E-state index >= 15 is 0 Å². The number of benzene rings is 2. The lowest BCUT2D eigenvalue weighted by molar-refractivity contribution is -0.116. The number of hydrogen-bond donors (Lipinski definition) is 2. The number of aryl methyl sites for hydroxylation is 1. The number of halogens is 1. The molecule has 0 radical (unpaired) electrons. The van der Waals surface area contributed by atoms with Gasteiger partial charge in [0, 0.05) is 29.9 Å². The van der Waals surface area contributed by atoms with Gasteiger partial charge < -0.3 is 10.6 Å². The summed E-state index contributed by atoms with van der Waals surface area (Å²) in [5.41, 5.74) is 1.61. The lowest BCUT2D eigenvalue weighted by Crippen LogP contribution is -2.38. The number of sulfonamides is 1. The quantitative estimate of drug-likeness (QED) is 0.714. The van der Waals surface area contributed by atoms with Crippen LogP contribution in [0, 0.1) is 6.92 Å². The lowest BCUT2D eigenvalue weighted by atomic mass is 10.2. The predicted molar refractivity (Wildman–Crippen MR) is 110 cm³/mol. The van der Waals surface area contributed by atoms with Crippen molar-refractivity contribution in [1.29, 1.82) is 0 Å². The van der Waals surface area contributed by atoms with Gasteiger partial charge in [0.25, 0.3) is 0 Å². The average Bonchev–Trinajstić information content (AvgIpc) is 2.60. The Kier molecular flexibility index (Phi) is 7.17. The van der Waals surface area contributed by atoms with E-state index in [2.05, 4.69) is 10.6 Å². The third-order valence-corrected chi connectivity index (χ3v) is 6.23. The number of carbonyl (C=O) groups excluding carboxylic acids is 2. The maximum atomic E-state index is 12.9. The first-order chi connectivity index (χ1) is 13.1. The summed E-state index contributed by atoms with van der Waals surface area (Å²) in [7, 11) is -3.84. The number of amides is 2. The van der Waals surface area contributed by atoms with Gasteiger partial charge in [-0.05, 0) is 55.0 Å². The Hall–Kier alpha value is -2.42. The number of anilines is 2. The molecular weight excluding hydrogens is 402 g/mol. The largest absolute Gasteiger partial charge is 0.326 e. The molecule has 0 aliphatic rings. The van der Waals surface area contributed by atoms with E-state index in [0.29, 0.717) is 22.0 Å². The van der Waals surface area contributed by atoms with Gasteiger partial charge in [-0.3, -0.25) is 9.59 Å². The van der Waals surface area contributed by atoms with E-state index in [1.807, 2.05) is 0 Å². The van der Waals surface area contributed by atoms with Crippen LogP contribution in [-0.2, 0) is 19.6 Å². The van der Waals surface area contributed by atoms with Gasteiger partial charge in [0.15, 0.2) is 0 Å². The van der Waals surface area contributed by atoms with E-state index in [1.54, 1.807) is 44.2 Å². The van der Waals surface area contributed by atoms with Crippen LogP contribution in [0.15, 0.2) is 47.4 Å². The highest BCUT2D eigenvalue weighted by Crippen LogP contribution is 2.23. The van der Waals surface area contributed by atoms with Crippen molar-refractivity contribution in [1.82, 2.24) is 4.31 Å². The highest BCUT2D eigenvalue weighted by atomic mass is 35.5. The Morgan fingerprint density at radius 3 is 2.11 bits per heavy atom. The van der Waals surface area contributed by atoms with E-state index < -0.39 is 15.9 Å². The predicted octanol–water partition coefficient (Wildman–Crippen LogP) is 3.26. The second-order valence-corrected chi connectivity index (χ2v) is 8.49. The Bertz CT molecular complexity index is 975. The zero-order chi connectivity index (χ0) is 20.9. The third-order valence-electron chi connectivity index (χ3n) is 3.92. The summed E-state index contributed by atoms with van der Waals surface area (Å²) in [5.74, 6) is -0.664. The first-order valence-electron chi connectivity index (χ1n) is 8.57. The highest BCUT2D eigenvalue weighted by molar-refractivity contribution is 7.89. The molecule has 28 heavy (non-hydrogen) atoms. The van der Waals surface area contributed by atoms with Crippen LogP contribution < -0.4 is 10.6 Å². The van der Waals surface area contributed by atoms with Gasteiger partial charge in [-0.1, -0.05) is 18.5 Å². The molecule has 2 amide bonds. The summed E-state index contributed by atoms with van der Waals surface area (Å²) in [6.07, 6.45) is 0. The standard InChI is InChI=1S/C19H22ClN3O4S/c1-4-23(28(26,27)18-10-5-15(20)11-13(18)2)12-19(25)22-17-8-6-16(7-9-17)21-14(3)24/h5-11H,4,12H2,1-3H3,(H,21,24)(H,22,25). The normalized spacial score (nSPS) is 11.3. The van der Waals surface area contributed by atoms with Gasteiger partial charge in [-0.2, -0.15) is 4.31 Å². The summed E-state index contributed by atoms with van der Waals surface area (Å²) in [4.78, 5) is 23.5. The molecule has 0 fully saturated rings. The first kappa shape index (κ1) is 21.9. The van der Waals surface area contributed by atoms with Crippen molar-refractivity contribution < 1.29 is 18.0 Å². The molecule has 0 saturated carbocycles. The fraction of sp³-hybridized carbons (Fsp3) is 0.263. The second-order valence-electron chi connectivity index (χ2n) is 6.15. The van der Waals surface area contributed by atoms with E-state index in [0.717, 1.165) is 4.31 Å². The van der Waals surface area contributed by atoms with Crippen LogP contribution in [0.1, 0.15) is 19.4 Å². The van der Waals surface area contributed by atoms with Crippen molar-refractivity contribution in [2.24, 2.45) is 0 Å². The molecule has 2 rings (SSSR count). The molecule has 0 aliphatic carbocycles. The van der Waals surface area contributed by atoms with Gasteiger partial charge in [0.2, 0.25) is 21.8 Å².